The molecule has 1 amide bonds. The lowest BCUT2D eigenvalue weighted by Gasteiger charge is -2.37. The van der Waals surface area contributed by atoms with Gasteiger partial charge in [0.2, 0.25) is 0 Å². The zero-order valence-electron chi connectivity index (χ0n) is 14.3. The van der Waals surface area contributed by atoms with Crippen LogP contribution in [0.2, 0.25) is 10.0 Å². The quantitative estimate of drug-likeness (QED) is 0.774. The molecule has 0 radical (unpaired) electrons. The average Bonchev–Trinajstić information content (AvgIpc) is 2.65. The molecule has 0 saturated carbocycles. The number of benzene rings is 2. The lowest BCUT2D eigenvalue weighted by atomic mass is 10.2. The van der Waals surface area contributed by atoms with Crippen LogP contribution in [0.5, 0.6) is 5.75 Å². The van der Waals surface area contributed by atoms with E-state index in [-0.39, 0.29) is 11.7 Å². The predicted octanol–water partition coefficient (Wildman–Crippen LogP) is 4.25. The summed E-state index contributed by atoms with van der Waals surface area (Å²) < 4.78 is 18.7. The minimum Gasteiger partial charge on any atom is -0.479 e. The molecular weight excluding hydrogens is 378 g/mol. The maximum absolute atomic E-state index is 13.0. The van der Waals surface area contributed by atoms with Gasteiger partial charge in [-0.2, -0.15) is 0 Å². The van der Waals surface area contributed by atoms with Crippen LogP contribution in [0.4, 0.5) is 10.1 Å². The van der Waals surface area contributed by atoms with Crippen LogP contribution >= 0.6 is 23.2 Å². The number of halogens is 3. The van der Waals surface area contributed by atoms with E-state index in [1.165, 1.54) is 12.1 Å². The summed E-state index contributed by atoms with van der Waals surface area (Å²) in [6, 6.07) is 11.5. The van der Waals surface area contributed by atoms with Crippen molar-refractivity contribution >= 4 is 34.8 Å². The number of nitrogens with zero attached hydrogens (tertiary/aromatic N) is 2. The lowest BCUT2D eigenvalue weighted by Crippen LogP contribution is -2.52. The van der Waals surface area contributed by atoms with Crippen molar-refractivity contribution in [3.05, 3.63) is 58.3 Å². The summed E-state index contributed by atoms with van der Waals surface area (Å²) >= 11 is 12.1. The molecule has 26 heavy (non-hydrogen) atoms. The van der Waals surface area contributed by atoms with Gasteiger partial charge in [0, 0.05) is 31.9 Å². The molecule has 3 rings (SSSR count). The summed E-state index contributed by atoms with van der Waals surface area (Å²) in [5, 5.41) is 0.687. The summed E-state index contributed by atoms with van der Waals surface area (Å²) in [5.41, 5.74) is 0.952. The number of ether oxygens (including phenoxy) is 1. The first kappa shape index (κ1) is 18.8. The van der Waals surface area contributed by atoms with Crippen molar-refractivity contribution in [1.82, 2.24) is 4.90 Å². The Morgan fingerprint density at radius 2 is 1.73 bits per heavy atom. The fourth-order valence-corrected chi connectivity index (χ4v) is 3.25. The summed E-state index contributed by atoms with van der Waals surface area (Å²) in [6.45, 7) is 4.22. The Kier molecular flexibility index (Phi) is 5.89. The standard InChI is InChI=1S/C19H19Cl2FN2O2/c1-13(26-17-4-2-3-16(20)18(17)21)19(25)24-11-9-23(10-12-24)15-7-5-14(22)6-8-15/h2-8,13H,9-12H2,1H3. The van der Waals surface area contributed by atoms with Crippen molar-refractivity contribution < 1.29 is 13.9 Å². The molecule has 0 N–H and O–H groups in total. The zero-order valence-corrected chi connectivity index (χ0v) is 15.8. The second kappa shape index (κ2) is 8.14. The molecule has 2 aromatic rings. The van der Waals surface area contributed by atoms with E-state index in [0.717, 1.165) is 5.69 Å². The van der Waals surface area contributed by atoms with Crippen LogP contribution in [-0.4, -0.2) is 43.1 Å². The van der Waals surface area contributed by atoms with Crippen molar-refractivity contribution in [2.45, 2.75) is 13.0 Å². The Balaban J connectivity index is 1.57. The topological polar surface area (TPSA) is 32.8 Å². The first-order valence-electron chi connectivity index (χ1n) is 8.35. The van der Waals surface area contributed by atoms with E-state index >= 15 is 0 Å². The highest BCUT2D eigenvalue weighted by Crippen LogP contribution is 2.32. The van der Waals surface area contributed by atoms with E-state index in [9.17, 15) is 9.18 Å². The van der Waals surface area contributed by atoms with Gasteiger partial charge < -0.3 is 14.5 Å². The zero-order chi connectivity index (χ0) is 18.7. The summed E-state index contributed by atoms with van der Waals surface area (Å²) in [5.74, 6) is 0.0398. The van der Waals surface area contributed by atoms with Gasteiger partial charge in [-0.05, 0) is 43.3 Å². The molecular formula is C19H19Cl2FN2O2. The van der Waals surface area contributed by atoms with E-state index in [1.54, 1.807) is 42.2 Å². The van der Waals surface area contributed by atoms with Crippen molar-refractivity contribution in [1.29, 1.82) is 0 Å². The number of carbonyl (C=O) groups is 1. The number of rotatable bonds is 4. The number of anilines is 1. The maximum Gasteiger partial charge on any atom is 0.263 e. The molecule has 138 valence electrons. The normalized spacial score (nSPS) is 15.7. The van der Waals surface area contributed by atoms with Crippen molar-refractivity contribution in [2.75, 3.05) is 31.1 Å². The van der Waals surface area contributed by atoms with Crippen LogP contribution in [0.1, 0.15) is 6.92 Å². The Labute approximate surface area is 162 Å². The van der Waals surface area contributed by atoms with Crippen LogP contribution in [0.15, 0.2) is 42.5 Å². The van der Waals surface area contributed by atoms with E-state index in [0.29, 0.717) is 42.0 Å². The Bertz CT molecular complexity index is 778. The average molecular weight is 397 g/mol. The van der Waals surface area contributed by atoms with Gasteiger partial charge in [0.1, 0.15) is 16.6 Å². The predicted molar refractivity (Wildman–Crippen MR) is 102 cm³/mol. The molecule has 1 fully saturated rings. The molecule has 0 aromatic heterocycles. The van der Waals surface area contributed by atoms with E-state index in [4.69, 9.17) is 27.9 Å². The second-order valence-corrected chi connectivity index (χ2v) is 6.89. The molecule has 0 aliphatic carbocycles. The van der Waals surface area contributed by atoms with E-state index < -0.39 is 6.10 Å². The van der Waals surface area contributed by atoms with Crippen LogP contribution < -0.4 is 9.64 Å². The lowest BCUT2D eigenvalue weighted by molar-refractivity contribution is -0.138. The number of carbonyl (C=O) groups excluding carboxylic acids is 1. The monoisotopic (exact) mass is 396 g/mol. The minimum atomic E-state index is -0.664. The summed E-state index contributed by atoms with van der Waals surface area (Å²) in [4.78, 5) is 16.5. The summed E-state index contributed by atoms with van der Waals surface area (Å²) in [6.07, 6.45) is -0.664. The van der Waals surface area contributed by atoms with Crippen molar-refractivity contribution in [3.8, 4) is 5.75 Å². The SMILES string of the molecule is CC(Oc1cccc(Cl)c1Cl)C(=O)N1CCN(c2ccc(F)cc2)CC1. The smallest absolute Gasteiger partial charge is 0.263 e. The van der Waals surface area contributed by atoms with Gasteiger partial charge in [-0.25, -0.2) is 4.39 Å². The first-order chi connectivity index (χ1) is 12.5. The third kappa shape index (κ3) is 4.22. The molecule has 1 unspecified atom stereocenters. The molecule has 0 spiro atoms. The third-order valence-electron chi connectivity index (χ3n) is 4.35. The van der Waals surface area contributed by atoms with Gasteiger partial charge in [0.25, 0.3) is 5.91 Å². The maximum atomic E-state index is 13.0. The highest BCUT2D eigenvalue weighted by molar-refractivity contribution is 6.42. The molecule has 1 heterocycles. The Hall–Kier alpha value is -1.98. The molecule has 1 atom stereocenters. The number of amides is 1. The summed E-state index contributed by atoms with van der Waals surface area (Å²) in [7, 11) is 0. The first-order valence-corrected chi connectivity index (χ1v) is 9.11. The van der Waals surface area contributed by atoms with E-state index in [1.807, 2.05) is 0 Å². The van der Waals surface area contributed by atoms with Crippen molar-refractivity contribution in [2.24, 2.45) is 0 Å². The number of hydrogen-bond acceptors (Lipinski definition) is 3. The van der Waals surface area contributed by atoms with Crippen LogP contribution in [-0.2, 0) is 4.79 Å². The van der Waals surface area contributed by atoms with Gasteiger partial charge in [-0.3, -0.25) is 4.79 Å². The Morgan fingerprint density at radius 3 is 2.38 bits per heavy atom. The minimum absolute atomic E-state index is 0.0974. The fourth-order valence-electron chi connectivity index (χ4n) is 2.91. The number of hydrogen-bond donors (Lipinski definition) is 0. The van der Waals surface area contributed by atoms with Gasteiger partial charge in [0.05, 0.1) is 5.02 Å². The van der Waals surface area contributed by atoms with Crippen LogP contribution in [0.3, 0.4) is 0 Å². The molecule has 0 bridgehead atoms. The second-order valence-electron chi connectivity index (χ2n) is 6.10. The van der Waals surface area contributed by atoms with Gasteiger partial charge >= 0.3 is 0 Å². The van der Waals surface area contributed by atoms with Crippen molar-refractivity contribution in [3.63, 3.8) is 0 Å². The highest BCUT2D eigenvalue weighted by atomic mass is 35.5. The number of piperazine rings is 1. The molecule has 1 saturated heterocycles. The van der Waals surface area contributed by atoms with Crippen LogP contribution in [0, 0.1) is 5.82 Å². The van der Waals surface area contributed by atoms with E-state index in [2.05, 4.69) is 4.90 Å². The molecule has 1 aliphatic rings. The fraction of sp³-hybridized carbons (Fsp3) is 0.316. The largest absolute Gasteiger partial charge is 0.479 e. The van der Waals surface area contributed by atoms with Crippen LogP contribution in [0.25, 0.3) is 0 Å². The Morgan fingerprint density at radius 1 is 1.08 bits per heavy atom. The van der Waals surface area contributed by atoms with Gasteiger partial charge in [-0.1, -0.05) is 29.3 Å². The molecule has 4 nitrogen and oxygen atoms in total. The molecule has 1 aliphatic heterocycles. The molecule has 7 heteroatoms. The van der Waals surface area contributed by atoms with Gasteiger partial charge in [-0.15, -0.1) is 0 Å². The van der Waals surface area contributed by atoms with Gasteiger partial charge in [0.15, 0.2) is 6.10 Å². The highest BCUT2D eigenvalue weighted by Gasteiger charge is 2.26. The third-order valence-corrected chi connectivity index (χ3v) is 5.15. The molecule has 2 aromatic carbocycles.